The van der Waals surface area contributed by atoms with Crippen LogP contribution in [0, 0.1) is 0 Å². The number of benzene rings is 3. The summed E-state index contributed by atoms with van der Waals surface area (Å²) in [6.45, 7) is 3.88. The maximum atomic E-state index is 5.77. The molecule has 0 bridgehead atoms. The van der Waals surface area contributed by atoms with E-state index in [-0.39, 0.29) is 6.04 Å². The van der Waals surface area contributed by atoms with Crippen molar-refractivity contribution < 1.29 is 0 Å². The lowest BCUT2D eigenvalue weighted by Crippen LogP contribution is -2.49. The van der Waals surface area contributed by atoms with Crippen molar-refractivity contribution in [2.45, 2.75) is 6.04 Å². The van der Waals surface area contributed by atoms with Gasteiger partial charge in [0, 0.05) is 36.2 Å². The third-order valence-corrected chi connectivity index (χ3v) is 6.31. The largest absolute Gasteiger partial charge is 0.360 e. The van der Waals surface area contributed by atoms with Gasteiger partial charge in [-0.15, -0.1) is 0 Å². The maximum Gasteiger partial charge on any atom is 0.109 e. The van der Waals surface area contributed by atoms with Gasteiger partial charge in [0.2, 0.25) is 0 Å². The Balaban J connectivity index is 1.50. The van der Waals surface area contributed by atoms with Crippen LogP contribution in [-0.2, 0) is 0 Å². The number of nitrogens with zero attached hydrogens (tertiary/aromatic N) is 2. The molecule has 3 aromatic carbocycles. The molecule has 1 saturated heterocycles. The van der Waals surface area contributed by atoms with Gasteiger partial charge in [0.15, 0.2) is 0 Å². The zero-order valence-corrected chi connectivity index (χ0v) is 18.1. The van der Waals surface area contributed by atoms with Crippen molar-refractivity contribution in [3.8, 4) is 0 Å². The van der Waals surface area contributed by atoms with E-state index in [1.807, 2.05) is 0 Å². The van der Waals surface area contributed by atoms with Gasteiger partial charge in [-0.25, -0.2) is 0 Å². The number of thiocarbonyl (C=S) groups is 1. The molecule has 2 nitrogen and oxygen atoms in total. The Morgan fingerprint density at radius 2 is 1.21 bits per heavy atom. The average molecular weight is 451 g/mol. The summed E-state index contributed by atoms with van der Waals surface area (Å²) in [4.78, 5) is 5.86. The van der Waals surface area contributed by atoms with Crippen LogP contribution in [0.3, 0.4) is 0 Å². The number of rotatable bonds is 4. The molecule has 28 heavy (non-hydrogen) atoms. The van der Waals surface area contributed by atoms with Crippen LogP contribution in [0.15, 0.2) is 89.4 Å². The second-order valence-electron chi connectivity index (χ2n) is 7.06. The molecule has 0 radical (unpaired) electrons. The molecule has 1 aliphatic rings. The fourth-order valence-electron chi connectivity index (χ4n) is 3.84. The molecule has 0 aliphatic carbocycles. The summed E-state index contributed by atoms with van der Waals surface area (Å²) in [5, 5.41) is 0. The van der Waals surface area contributed by atoms with Crippen molar-refractivity contribution in [3.63, 3.8) is 0 Å². The van der Waals surface area contributed by atoms with Crippen molar-refractivity contribution in [1.29, 1.82) is 0 Å². The first kappa shape index (κ1) is 19.3. The quantitative estimate of drug-likeness (QED) is 0.482. The van der Waals surface area contributed by atoms with Gasteiger partial charge in [-0.1, -0.05) is 101 Å². The van der Waals surface area contributed by atoms with Gasteiger partial charge < -0.3 is 4.90 Å². The second kappa shape index (κ2) is 8.99. The lowest BCUT2D eigenvalue weighted by Gasteiger charge is -2.40. The number of hydrogen-bond acceptors (Lipinski definition) is 2. The van der Waals surface area contributed by atoms with Crippen LogP contribution in [0.5, 0.6) is 0 Å². The Morgan fingerprint density at radius 3 is 1.71 bits per heavy atom. The summed E-state index contributed by atoms with van der Waals surface area (Å²) in [6, 6.07) is 30.2. The van der Waals surface area contributed by atoms with Crippen LogP contribution < -0.4 is 0 Å². The highest BCUT2D eigenvalue weighted by Gasteiger charge is 2.27. The van der Waals surface area contributed by atoms with Crippen molar-refractivity contribution in [2.24, 2.45) is 0 Å². The molecule has 0 N–H and O–H groups in total. The molecule has 1 heterocycles. The predicted octanol–water partition coefficient (Wildman–Crippen LogP) is 5.53. The van der Waals surface area contributed by atoms with Crippen molar-refractivity contribution >= 4 is 33.1 Å². The highest BCUT2D eigenvalue weighted by Crippen LogP contribution is 2.29. The fourth-order valence-corrected chi connectivity index (χ4v) is 4.43. The minimum atomic E-state index is 0.283. The fraction of sp³-hybridized carbons (Fsp3) is 0.208. The number of hydrogen-bond donors (Lipinski definition) is 0. The molecular weight excluding hydrogens is 428 g/mol. The highest BCUT2D eigenvalue weighted by atomic mass is 79.9. The predicted molar refractivity (Wildman–Crippen MR) is 124 cm³/mol. The Morgan fingerprint density at radius 1 is 0.714 bits per heavy atom. The summed E-state index contributed by atoms with van der Waals surface area (Å²) in [5.74, 6) is 0. The highest BCUT2D eigenvalue weighted by molar-refractivity contribution is 9.10. The summed E-state index contributed by atoms with van der Waals surface area (Å²) in [7, 11) is 0. The molecule has 0 spiro atoms. The first-order valence-corrected chi connectivity index (χ1v) is 10.8. The monoisotopic (exact) mass is 450 g/mol. The van der Waals surface area contributed by atoms with Crippen LogP contribution in [0.2, 0.25) is 0 Å². The van der Waals surface area contributed by atoms with Gasteiger partial charge in [-0.2, -0.15) is 0 Å². The molecule has 142 valence electrons. The van der Waals surface area contributed by atoms with E-state index in [9.17, 15) is 0 Å². The zero-order valence-electron chi connectivity index (χ0n) is 15.7. The van der Waals surface area contributed by atoms with Crippen LogP contribution in [0.25, 0.3) is 0 Å². The van der Waals surface area contributed by atoms with Gasteiger partial charge in [0.1, 0.15) is 4.99 Å². The summed E-state index contributed by atoms with van der Waals surface area (Å²) in [6.07, 6.45) is 0. The minimum Gasteiger partial charge on any atom is -0.360 e. The Kier molecular flexibility index (Phi) is 6.20. The minimum absolute atomic E-state index is 0.283. The first-order valence-electron chi connectivity index (χ1n) is 9.61. The third kappa shape index (κ3) is 4.35. The molecule has 4 heteroatoms. The van der Waals surface area contributed by atoms with Gasteiger partial charge in [0.25, 0.3) is 0 Å². The van der Waals surface area contributed by atoms with E-state index < -0.39 is 0 Å². The molecular formula is C24H23BrN2S. The molecule has 0 amide bonds. The lowest BCUT2D eigenvalue weighted by molar-refractivity contribution is 0.152. The molecule has 0 atom stereocenters. The molecule has 0 unspecified atom stereocenters. The molecule has 4 rings (SSSR count). The van der Waals surface area contributed by atoms with Crippen LogP contribution >= 0.6 is 28.1 Å². The van der Waals surface area contributed by atoms with Crippen molar-refractivity contribution in [3.05, 3.63) is 106 Å². The number of halogens is 1. The number of piperazine rings is 1. The lowest BCUT2D eigenvalue weighted by atomic mass is 9.96. The molecule has 1 aliphatic heterocycles. The van der Waals surface area contributed by atoms with Crippen molar-refractivity contribution in [1.82, 2.24) is 9.80 Å². The standard InChI is InChI=1S/C24H23BrN2S/c25-22-13-11-21(12-14-22)24(28)27-17-15-26(16-18-27)23(19-7-3-1-4-8-19)20-9-5-2-6-10-20/h1-14,23H,15-18H2. The third-order valence-electron chi connectivity index (χ3n) is 5.29. The average Bonchev–Trinajstić information content (AvgIpc) is 2.76. The molecule has 0 aromatic heterocycles. The van der Waals surface area contributed by atoms with E-state index in [1.54, 1.807) is 0 Å². The van der Waals surface area contributed by atoms with E-state index >= 15 is 0 Å². The molecule has 1 fully saturated rings. The summed E-state index contributed by atoms with van der Waals surface area (Å²) in [5.41, 5.74) is 3.81. The normalized spacial score (nSPS) is 15.0. The zero-order chi connectivity index (χ0) is 19.3. The van der Waals surface area contributed by atoms with Crippen LogP contribution in [-0.4, -0.2) is 41.0 Å². The first-order chi connectivity index (χ1) is 13.7. The van der Waals surface area contributed by atoms with Gasteiger partial charge in [0.05, 0.1) is 6.04 Å². The second-order valence-corrected chi connectivity index (χ2v) is 8.36. The molecule has 0 saturated carbocycles. The summed E-state index contributed by atoms with van der Waals surface area (Å²) < 4.78 is 1.08. The SMILES string of the molecule is S=C(c1ccc(Br)cc1)N1CCN(C(c2ccccc2)c2ccccc2)CC1. The van der Waals surface area contributed by atoms with Gasteiger partial charge in [-0.3, -0.25) is 4.90 Å². The van der Waals surface area contributed by atoms with E-state index in [2.05, 4.69) is 111 Å². The topological polar surface area (TPSA) is 6.48 Å². The van der Waals surface area contributed by atoms with Crippen LogP contribution in [0.4, 0.5) is 0 Å². The van der Waals surface area contributed by atoms with Gasteiger partial charge >= 0.3 is 0 Å². The Bertz CT molecular complexity index is 865. The Labute approximate surface area is 180 Å². The van der Waals surface area contributed by atoms with Crippen molar-refractivity contribution in [2.75, 3.05) is 26.2 Å². The van der Waals surface area contributed by atoms with E-state index in [1.165, 1.54) is 11.1 Å². The van der Waals surface area contributed by atoms with Gasteiger partial charge in [-0.05, 0) is 23.3 Å². The summed E-state index contributed by atoms with van der Waals surface area (Å²) >= 11 is 9.26. The Hall–Kier alpha value is -2.01. The molecule has 3 aromatic rings. The van der Waals surface area contributed by atoms with E-state index in [4.69, 9.17) is 12.2 Å². The van der Waals surface area contributed by atoms with Crippen LogP contribution in [0.1, 0.15) is 22.7 Å². The van der Waals surface area contributed by atoms with E-state index in [0.29, 0.717) is 0 Å². The smallest absolute Gasteiger partial charge is 0.109 e. The maximum absolute atomic E-state index is 5.77. The van der Waals surface area contributed by atoms with E-state index in [0.717, 1.165) is 41.2 Å².